The van der Waals surface area contributed by atoms with Gasteiger partial charge in [0, 0.05) is 0 Å². The average Bonchev–Trinajstić information content (AvgIpc) is 2.68. The fourth-order valence-electron chi connectivity index (χ4n) is 4.53. The van der Waals surface area contributed by atoms with Gasteiger partial charge in [0.25, 0.3) is 0 Å². The van der Waals surface area contributed by atoms with Crippen molar-refractivity contribution >= 4 is 0 Å². The molecule has 28 heavy (non-hydrogen) atoms. The third-order valence-electron chi connectivity index (χ3n) is 6.74. The summed E-state index contributed by atoms with van der Waals surface area (Å²) in [6.45, 7) is 9.59. The zero-order valence-electron chi connectivity index (χ0n) is 20.7. The summed E-state index contributed by atoms with van der Waals surface area (Å²) in [7, 11) is 0. The highest BCUT2D eigenvalue weighted by Gasteiger charge is 2.06. The zero-order valence-corrected chi connectivity index (χ0v) is 20.7. The first-order chi connectivity index (χ1) is 13.7. The van der Waals surface area contributed by atoms with Gasteiger partial charge in [0.2, 0.25) is 0 Å². The Morgan fingerprint density at radius 1 is 0.321 bits per heavy atom. The van der Waals surface area contributed by atoms with Crippen LogP contribution in [0.3, 0.4) is 0 Å². The molecule has 0 saturated heterocycles. The first-order valence-electron chi connectivity index (χ1n) is 13.7. The summed E-state index contributed by atoms with van der Waals surface area (Å²) in [6, 6.07) is 0. The Labute approximate surface area is 181 Å². The molecule has 0 heterocycles. The van der Waals surface area contributed by atoms with Crippen LogP contribution < -0.4 is 0 Å². The molecule has 0 aliphatic heterocycles. The van der Waals surface area contributed by atoms with Crippen LogP contribution in [0.25, 0.3) is 0 Å². The van der Waals surface area contributed by atoms with Gasteiger partial charge < -0.3 is 0 Å². The van der Waals surface area contributed by atoms with E-state index in [0.29, 0.717) is 0 Å². The quantitative estimate of drug-likeness (QED) is 0.151. The topological polar surface area (TPSA) is 0 Å². The van der Waals surface area contributed by atoms with E-state index in [-0.39, 0.29) is 0 Å². The summed E-state index contributed by atoms with van der Waals surface area (Å²) in [5, 5.41) is 0. The van der Waals surface area contributed by atoms with Crippen molar-refractivity contribution in [3.63, 3.8) is 0 Å². The summed E-state index contributed by atoms with van der Waals surface area (Å²) < 4.78 is 0. The Balaban J connectivity index is 3.27. The van der Waals surface area contributed by atoms with Crippen molar-refractivity contribution < 1.29 is 0 Å². The van der Waals surface area contributed by atoms with Gasteiger partial charge in [0.15, 0.2) is 0 Å². The van der Waals surface area contributed by atoms with Crippen LogP contribution in [-0.2, 0) is 0 Å². The van der Waals surface area contributed by atoms with Crippen LogP contribution in [0.4, 0.5) is 0 Å². The Kier molecular flexibility index (Phi) is 23.3. The van der Waals surface area contributed by atoms with Gasteiger partial charge in [-0.25, -0.2) is 0 Å². The highest BCUT2D eigenvalue weighted by molar-refractivity contribution is 4.59. The lowest BCUT2D eigenvalue weighted by Gasteiger charge is -2.14. The lowest BCUT2D eigenvalue weighted by molar-refractivity contribution is 0.390. The second kappa shape index (κ2) is 23.3. The maximum Gasteiger partial charge on any atom is -0.0443 e. The van der Waals surface area contributed by atoms with Crippen molar-refractivity contribution in [1.82, 2.24) is 0 Å². The largest absolute Gasteiger partial charge is 0.0654 e. The van der Waals surface area contributed by atoms with E-state index in [9.17, 15) is 0 Å². The van der Waals surface area contributed by atoms with Crippen LogP contribution in [0.5, 0.6) is 0 Å². The summed E-state index contributed by atoms with van der Waals surface area (Å²) in [6.07, 6.45) is 32.2. The Hall–Kier alpha value is 0. The first-order valence-corrected chi connectivity index (χ1v) is 13.7. The van der Waals surface area contributed by atoms with Gasteiger partial charge in [0.05, 0.1) is 0 Å². The van der Waals surface area contributed by atoms with Crippen LogP contribution in [0.15, 0.2) is 0 Å². The molecule has 0 N–H and O–H groups in total. The third kappa shape index (κ3) is 22.3. The van der Waals surface area contributed by atoms with E-state index in [2.05, 4.69) is 27.7 Å². The molecule has 2 unspecified atom stereocenters. The molecule has 2 atom stereocenters. The van der Waals surface area contributed by atoms with Gasteiger partial charge in [-0.15, -0.1) is 0 Å². The number of hydrogen-bond donors (Lipinski definition) is 0. The van der Waals surface area contributed by atoms with Crippen molar-refractivity contribution in [2.24, 2.45) is 11.8 Å². The minimum atomic E-state index is 0.958. The van der Waals surface area contributed by atoms with Crippen LogP contribution in [0.2, 0.25) is 0 Å². The van der Waals surface area contributed by atoms with Gasteiger partial charge >= 0.3 is 0 Å². The van der Waals surface area contributed by atoms with E-state index in [1.807, 2.05) is 0 Å². The first kappa shape index (κ1) is 28.0. The van der Waals surface area contributed by atoms with E-state index in [1.165, 1.54) is 141 Å². The molecular weight excluding hydrogens is 336 g/mol. The molecule has 0 saturated carbocycles. The molecule has 0 aliphatic carbocycles. The second-order valence-electron chi connectivity index (χ2n) is 10.0. The van der Waals surface area contributed by atoms with Crippen molar-refractivity contribution in [3.05, 3.63) is 0 Å². The van der Waals surface area contributed by atoms with Crippen molar-refractivity contribution in [1.29, 1.82) is 0 Å². The average molecular weight is 395 g/mol. The summed E-state index contributed by atoms with van der Waals surface area (Å²) in [5.41, 5.74) is 0. The summed E-state index contributed by atoms with van der Waals surface area (Å²) in [5.74, 6) is 1.92. The highest BCUT2D eigenvalue weighted by atomic mass is 14.1. The molecule has 0 fully saturated rings. The zero-order chi connectivity index (χ0) is 20.7. The molecule has 0 spiro atoms. The van der Waals surface area contributed by atoms with Crippen LogP contribution in [0.1, 0.15) is 169 Å². The molecule has 0 bridgehead atoms. The Morgan fingerprint density at radius 2 is 0.571 bits per heavy atom. The molecule has 0 aromatic rings. The molecule has 0 amide bonds. The van der Waals surface area contributed by atoms with Crippen LogP contribution in [0, 0.1) is 11.8 Å². The number of hydrogen-bond acceptors (Lipinski definition) is 0. The van der Waals surface area contributed by atoms with E-state index in [1.54, 1.807) is 0 Å². The van der Waals surface area contributed by atoms with Gasteiger partial charge in [0.1, 0.15) is 0 Å². The molecule has 0 heteroatoms. The Morgan fingerprint density at radius 3 is 0.893 bits per heavy atom. The minimum Gasteiger partial charge on any atom is -0.0654 e. The predicted octanol–water partition coefficient (Wildman–Crippen LogP) is 10.9. The maximum absolute atomic E-state index is 2.49. The van der Waals surface area contributed by atoms with Crippen LogP contribution in [-0.4, -0.2) is 0 Å². The van der Waals surface area contributed by atoms with Gasteiger partial charge in [-0.2, -0.15) is 0 Å². The summed E-state index contributed by atoms with van der Waals surface area (Å²) in [4.78, 5) is 0. The smallest absolute Gasteiger partial charge is 0.0443 e. The van der Waals surface area contributed by atoms with Crippen molar-refractivity contribution in [3.8, 4) is 0 Å². The fraction of sp³-hybridized carbons (Fsp3) is 1.00. The predicted molar refractivity (Wildman–Crippen MR) is 131 cm³/mol. The molecule has 0 aromatic heterocycles. The second-order valence-corrected chi connectivity index (χ2v) is 10.0. The SMILES string of the molecule is CCCCCCCCCCCCCC(C)CCCC(C)CCCCCCCC. The van der Waals surface area contributed by atoms with E-state index < -0.39 is 0 Å². The van der Waals surface area contributed by atoms with Crippen molar-refractivity contribution in [2.75, 3.05) is 0 Å². The van der Waals surface area contributed by atoms with Gasteiger partial charge in [-0.05, 0) is 11.8 Å². The normalized spacial score (nSPS) is 13.7. The molecule has 0 rings (SSSR count). The third-order valence-corrected chi connectivity index (χ3v) is 6.74. The lowest BCUT2D eigenvalue weighted by Crippen LogP contribution is -1.99. The van der Waals surface area contributed by atoms with E-state index in [4.69, 9.17) is 0 Å². The molecular formula is C28H58. The van der Waals surface area contributed by atoms with E-state index in [0.717, 1.165) is 11.8 Å². The Bertz CT molecular complexity index is 269. The molecule has 0 aliphatic rings. The van der Waals surface area contributed by atoms with E-state index >= 15 is 0 Å². The van der Waals surface area contributed by atoms with Crippen molar-refractivity contribution in [2.45, 2.75) is 169 Å². The lowest BCUT2D eigenvalue weighted by atomic mass is 9.92. The highest BCUT2D eigenvalue weighted by Crippen LogP contribution is 2.21. The van der Waals surface area contributed by atoms with Gasteiger partial charge in [-0.3, -0.25) is 0 Å². The molecule has 0 radical (unpaired) electrons. The minimum absolute atomic E-state index is 0.958. The number of unbranched alkanes of at least 4 members (excludes halogenated alkanes) is 15. The maximum atomic E-state index is 2.49. The fourth-order valence-corrected chi connectivity index (χ4v) is 4.53. The molecule has 0 nitrogen and oxygen atoms in total. The van der Waals surface area contributed by atoms with Crippen LogP contribution >= 0.6 is 0 Å². The van der Waals surface area contributed by atoms with Gasteiger partial charge in [-0.1, -0.05) is 169 Å². The molecule has 0 aromatic carbocycles. The summed E-state index contributed by atoms with van der Waals surface area (Å²) >= 11 is 0. The monoisotopic (exact) mass is 394 g/mol. The molecule has 170 valence electrons. The number of rotatable bonds is 23. The standard InChI is InChI=1S/C28H58/c1-5-7-9-11-13-14-15-16-17-19-21-24-28(4)26-22-25-27(3)23-20-18-12-10-8-6-2/h27-28H,5-26H2,1-4H3.